The van der Waals surface area contributed by atoms with Gasteiger partial charge in [0.2, 0.25) is 5.91 Å². The zero-order chi connectivity index (χ0) is 25.8. The minimum atomic E-state index is -0.843. The Kier molecular flexibility index (Phi) is 7.82. The van der Waals surface area contributed by atoms with Crippen LogP contribution >= 0.6 is 11.6 Å². The number of carbonyl (C=O) groups is 2. The SMILES string of the molecule is COCCC(C(=O)NC1CCC2NC(=O)NC2C1)n1cc(OC)c(-c2cc(Cl)ccc2C#N)cc1=O. The molecule has 2 aromatic rings. The highest BCUT2D eigenvalue weighted by atomic mass is 35.5. The first-order valence-corrected chi connectivity index (χ1v) is 12.1. The van der Waals surface area contributed by atoms with Crippen LogP contribution < -0.4 is 26.2 Å². The topological polar surface area (TPSA) is 134 Å². The number of nitrogens with zero attached hydrogens (tertiary/aromatic N) is 2. The number of benzene rings is 1. The van der Waals surface area contributed by atoms with Crippen LogP contribution in [0.2, 0.25) is 5.02 Å². The Morgan fingerprint density at radius 2 is 2.00 bits per heavy atom. The lowest BCUT2D eigenvalue weighted by atomic mass is 9.87. The van der Waals surface area contributed by atoms with Crippen molar-refractivity contribution in [2.45, 2.75) is 49.9 Å². The predicted molar refractivity (Wildman–Crippen MR) is 133 cm³/mol. The van der Waals surface area contributed by atoms with Gasteiger partial charge in [0.05, 0.1) is 37.0 Å². The van der Waals surface area contributed by atoms with E-state index < -0.39 is 11.6 Å². The summed E-state index contributed by atoms with van der Waals surface area (Å²) in [5, 5.41) is 18.8. The molecule has 1 aliphatic carbocycles. The maximum atomic E-state index is 13.4. The van der Waals surface area contributed by atoms with E-state index >= 15 is 0 Å². The molecule has 10 nitrogen and oxygen atoms in total. The highest BCUT2D eigenvalue weighted by Gasteiger charge is 2.38. The van der Waals surface area contributed by atoms with Crippen LogP contribution in [-0.2, 0) is 9.53 Å². The van der Waals surface area contributed by atoms with Gasteiger partial charge in [-0.2, -0.15) is 5.26 Å². The Bertz CT molecular complexity index is 1260. The van der Waals surface area contributed by atoms with Gasteiger partial charge in [-0.25, -0.2) is 4.79 Å². The third kappa shape index (κ3) is 5.32. The number of nitrogens with one attached hydrogen (secondary N) is 3. The normalized spacial score (nSPS) is 21.5. The van der Waals surface area contributed by atoms with Crippen molar-refractivity contribution in [3.05, 3.63) is 51.4 Å². The number of carbonyl (C=O) groups excluding carboxylic acids is 2. The molecule has 0 spiro atoms. The number of hydrogen-bond donors (Lipinski definition) is 3. The molecule has 3 amide bonds. The summed E-state index contributed by atoms with van der Waals surface area (Å²) in [6.45, 7) is 0.261. The smallest absolute Gasteiger partial charge is 0.315 e. The van der Waals surface area contributed by atoms with Gasteiger partial charge in [-0.1, -0.05) is 11.6 Å². The molecule has 1 aromatic heterocycles. The Hall–Kier alpha value is -3.55. The fraction of sp³-hybridized carbons (Fsp3) is 0.440. The average Bonchev–Trinajstić information content (AvgIpc) is 3.24. The lowest BCUT2D eigenvalue weighted by Crippen LogP contribution is -2.49. The predicted octanol–water partition coefficient (Wildman–Crippen LogP) is 2.35. The summed E-state index contributed by atoms with van der Waals surface area (Å²) in [7, 11) is 2.98. The molecule has 1 saturated heterocycles. The molecular formula is C25H28ClN5O5. The van der Waals surface area contributed by atoms with Crippen LogP contribution in [0, 0.1) is 11.3 Å². The molecule has 0 bridgehead atoms. The van der Waals surface area contributed by atoms with E-state index in [1.807, 2.05) is 0 Å². The molecule has 3 N–H and O–H groups in total. The molecule has 0 radical (unpaired) electrons. The zero-order valence-electron chi connectivity index (χ0n) is 20.0. The number of aromatic nitrogens is 1. The Labute approximate surface area is 213 Å². The van der Waals surface area contributed by atoms with Crippen molar-refractivity contribution in [1.82, 2.24) is 20.5 Å². The van der Waals surface area contributed by atoms with Crippen molar-refractivity contribution in [1.29, 1.82) is 5.26 Å². The van der Waals surface area contributed by atoms with Crippen LogP contribution in [0.15, 0.2) is 35.3 Å². The zero-order valence-corrected chi connectivity index (χ0v) is 20.8. The summed E-state index contributed by atoms with van der Waals surface area (Å²) in [6, 6.07) is 7.10. The molecule has 2 aliphatic rings. The summed E-state index contributed by atoms with van der Waals surface area (Å²) >= 11 is 6.15. The summed E-state index contributed by atoms with van der Waals surface area (Å²) in [5.41, 5.74) is 0.786. The minimum absolute atomic E-state index is 0.0388. The van der Waals surface area contributed by atoms with Gasteiger partial charge in [-0.05, 0) is 37.5 Å². The first-order valence-electron chi connectivity index (χ1n) is 11.7. The number of methoxy groups -OCH3 is 2. The van der Waals surface area contributed by atoms with E-state index in [4.69, 9.17) is 21.1 Å². The molecule has 36 heavy (non-hydrogen) atoms. The molecule has 4 unspecified atom stereocenters. The van der Waals surface area contributed by atoms with Crippen molar-refractivity contribution in [2.75, 3.05) is 20.8 Å². The van der Waals surface area contributed by atoms with Crippen molar-refractivity contribution in [3.63, 3.8) is 0 Å². The number of amides is 3. The lowest BCUT2D eigenvalue weighted by Gasteiger charge is -2.32. The van der Waals surface area contributed by atoms with Crippen molar-refractivity contribution in [2.24, 2.45) is 0 Å². The van der Waals surface area contributed by atoms with Crippen LogP contribution in [0.4, 0.5) is 4.79 Å². The van der Waals surface area contributed by atoms with Gasteiger partial charge in [0, 0.05) is 48.4 Å². The van der Waals surface area contributed by atoms with Crippen LogP contribution in [0.5, 0.6) is 5.75 Å². The third-order valence-electron chi connectivity index (χ3n) is 6.72. The minimum Gasteiger partial charge on any atom is -0.495 e. The number of fused-ring (bicyclic) bond motifs is 1. The van der Waals surface area contributed by atoms with Gasteiger partial charge in [-0.3, -0.25) is 14.2 Å². The molecule has 4 rings (SSSR count). The van der Waals surface area contributed by atoms with Gasteiger partial charge >= 0.3 is 6.03 Å². The summed E-state index contributed by atoms with van der Waals surface area (Å²) in [4.78, 5) is 38.3. The lowest BCUT2D eigenvalue weighted by molar-refractivity contribution is -0.126. The first-order chi connectivity index (χ1) is 17.3. The monoisotopic (exact) mass is 513 g/mol. The first kappa shape index (κ1) is 25.5. The number of nitriles is 1. The van der Waals surface area contributed by atoms with Crippen LogP contribution in [-0.4, -0.2) is 55.5 Å². The van der Waals surface area contributed by atoms with Crippen LogP contribution in [0.3, 0.4) is 0 Å². The standard InChI is InChI=1S/C25H28ClN5O5/c1-35-8-7-21(24(33)28-16-5-6-19-20(10-16)30-25(34)29-19)31-13-22(36-2)18(11-23(31)32)17-9-15(26)4-3-14(17)12-27/h3-4,9,11,13,16,19-21H,5-8,10H2,1-2H3,(H,28,33)(H2,29,30,34). The molecule has 1 saturated carbocycles. The third-order valence-corrected chi connectivity index (χ3v) is 6.95. The summed E-state index contributed by atoms with van der Waals surface area (Å²) < 4.78 is 12.1. The molecule has 4 atom stereocenters. The number of urea groups is 1. The van der Waals surface area contributed by atoms with E-state index in [0.29, 0.717) is 40.3 Å². The number of hydrogen-bond acceptors (Lipinski definition) is 6. The number of ether oxygens (including phenoxy) is 2. The molecule has 1 aromatic carbocycles. The Morgan fingerprint density at radius 3 is 2.72 bits per heavy atom. The average molecular weight is 514 g/mol. The number of rotatable bonds is 8. The van der Waals surface area contributed by atoms with Crippen molar-refractivity contribution in [3.8, 4) is 22.9 Å². The summed E-state index contributed by atoms with van der Waals surface area (Å²) in [5.74, 6) is 0.00832. The second kappa shape index (κ2) is 11.0. The maximum absolute atomic E-state index is 13.4. The van der Waals surface area contributed by atoms with Gasteiger partial charge in [0.15, 0.2) is 0 Å². The van der Waals surface area contributed by atoms with Crippen LogP contribution in [0.25, 0.3) is 11.1 Å². The molecule has 190 valence electrons. The Balaban J connectivity index is 1.63. The van der Waals surface area contributed by atoms with E-state index in [1.165, 1.54) is 31.0 Å². The van der Waals surface area contributed by atoms with Crippen LogP contribution in [0.1, 0.15) is 37.3 Å². The number of pyridine rings is 1. The van der Waals surface area contributed by atoms with Gasteiger partial charge in [-0.15, -0.1) is 0 Å². The largest absolute Gasteiger partial charge is 0.495 e. The van der Waals surface area contributed by atoms with Crippen molar-refractivity contribution >= 4 is 23.5 Å². The van der Waals surface area contributed by atoms with E-state index in [1.54, 1.807) is 18.2 Å². The molecule has 2 heterocycles. The van der Waals surface area contributed by atoms with Gasteiger partial charge in [0.1, 0.15) is 11.8 Å². The molecule has 11 heteroatoms. The fourth-order valence-corrected chi connectivity index (χ4v) is 5.09. The second-order valence-electron chi connectivity index (χ2n) is 8.95. The van der Waals surface area contributed by atoms with E-state index in [9.17, 15) is 19.6 Å². The molecule has 1 aliphatic heterocycles. The highest BCUT2D eigenvalue weighted by Crippen LogP contribution is 2.33. The maximum Gasteiger partial charge on any atom is 0.315 e. The van der Waals surface area contributed by atoms with Gasteiger partial charge in [0.25, 0.3) is 5.56 Å². The quantitative estimate of drug-likeness (QED) is 0.496. The molecule has 2 fully saturated rings. The van der Waals surface area contributed by atoms with Gasteiger partial charge < -0.3 is 25.4 Å². The Morgan fingerprint density at radius 1 is 1.22 bits per heavy atom. The highest BCUT2D eigenvalue weighted by molar-refractivity contribution is 6.31. The van der Waals surface area contributed by atoms with E-state index in [2.05, 4.69) is 22.0 Å². The van der Waals surface area contributed by atoms with Crippen molar-refractivity contribution < 1.29 is 19.1 Å². The fourth-order valence-electron chi connectivity index (χ4n) is 4.92. The second-order valence-corrected chi connectivity index (χ2v) is 9.39. The number of halogens is 1. The molecular weight excluding hydrogens is 486 g/mol. The summed E-state index contributed by atoms with van der Waals surface area (Å²) in [6.07, 6.45) is 3.82. The van der Waals surface area contributed by atoms with E-state index in [0.717, 1.165) is 6.42 Å². The van der Waals surface area contributed by atoms with E-state index in [-0.39, 0.29) is 43.1 Å².